The van der Waals surface area contributed by atoms with Gasteiger partial charge in [0.1, 0.15) is 0 Å². The summed E-state index contributed by atoms with van der Waals surface area (Å²) < 4.78 is 66.3. The number of hydrogen-bond donors (Lipinski definition) is 0. The average Bonchev–Trinajstić information content (AvgIpc) is 3.20. The van der Waals surface area contributed by atoms with Gasteiger partial charge in [0, 0.05) is 0 Å². The van der Waals surface area contributed by atoms with E-state index in [2.05, 4.69) is 0 Å². The summed E-state index contributed by atoms with van der Waals surface area (Å²) in [6.45, 7) is 0. The van der Waals surface area contributed by atoms with E-state index in [0.717, 1.165) is 32.7 Å². The summed E-state index contributed by atoms with van der Waals surface area (Å²) in [5, 5.41) is 4.75. The number of hydrogen-bond acceptors (Lipinski definition) is 0. The number of benzene rings is 9. The summed E-state index contributed by atoms with van der Waals surface area (Å²) in [5.41, 5.74) is 4.96. The maximum absolute atomic E-state index is 10.1. The predicted octanol–water partition coefficient (Wildman–Crippen LogP) is 13.0. The van der Waals surface area contributed by atoms with Crippen LogP contribution in [0.3, 0.4) is 0 Å². The normalized spacial score (nSPS) is 13.6. The highest BCUT2D eigenvalue weighted by Crippen LogP contribution is 2.47. The zero-order chi connectivity index (χ0) is 36.5. The molecule has 0 heterocycles. The van der Waals surface area contributed by atoms with Gasteiger partial charge in [-0.1, -0.05) is 170 Å². The van der Waals surface area contributed by atoms with E-state index < -0.39 is 0 Å². The second-order valence-electron chi connectivity index (χ2n) is 11.5. The lowest BCUT2D eigenvalue weighted by molar-refractivity contribution is 1.61. The third-order valence-electron chi connectivity index (χ3n) is 8.88. The van der Waals surface area contributed by atoms with E-state index in [4.69, 9.17) is 2.74 Å². The topological polar surface area (TPSA) is 0 Å². The molecule has 9 rings (SSSR count). The van der Waals surface area contributed by atoms with E-state index in [1.807, 2.05) is 140 Å². The van der Waals surface area contributed by atoms with Crippen molar-refractivity contribution in [2.45, 2.75) is 0 Å². The smallest absolute Gasteiger partial charge is 0.0622 e. The molecule has 0 saturated carbocycles. The average molecular weight is 590 g/mol. The van der Waals surface area contributed by atoms with Gasteiger partial charge in [0.2, 0.25) is 0 Å². The first-order chi connectivity index (χ1) is 25.8. The molecule has 0 aliphatic rings. The Balaban J connectivity index is 1.57. The van der Waals surface area contributed by atoms with Crippen molar-refractivity contribution in [2.24, 2.45) is 0 Å². The molecule has 0 saturated heterocycles. The van der Waals surface area contributed by atoms with Gasteiger partial charge in [-0.25, -0.2) is 0 Å². The maximum Gasteiger partial charge on any atom is 0.0636 e. The Bertz CT molecular complexity index is 2960. The van der Waals surface area contributed by atoms with Crippen molar-refractivity contribution < 1.29 is 9.60 Å². The quantitative estimate of drug-likeness (QED) is 0.179. The molecule has 0 atom stereocenters. The van der Waals surface area contributed by atoms with Crippen LogP contribution >= 0.6 is 0 Å². The SMILES string of the molecule is [2H]c1c([2H])c([2H])c2c(-c3cccc4ccccc34)c3c([2H])c(-c4cccc5ccccc45)c([2H])c([2H])c3c(-c3cccc(-c4ccccc4)c3)c2c1[2H]. The Kier molecular flexibility index (Phi) is 4.76. The molecule has 0 fully saturated rings. The fourth-order valence-electron chi connectivity index (χ4n) is 6.78. The highest BCUT2D eigenvalue weighted by atomic mass is 14.2. The first-order valence-electron chi connectivity index (χ1n) is 18.9. The van der Waals surface area contributed by atoms with Crippen LogP contribution in [0.1, 0.15) is 9.60 Å². The van der Waals surface area contributed by atoms with E-state index >= 15 is 0 Å². The molecule has 0 spiro atoms. The molecule has 0 aromatic heterocycles. The fourth-order valence-corrected chi connectivity index (χ4v) is 6.78. The lowest BCUT2D eigenvalue weighted by Gasteiger charge is -2.20. The zero-order valence-corrected chi connectivity index (χ0v) is 24.8. The van der Waals surface area contributed by atoms with Gasteiger partial charge in [-0.15, -0.1) is 0 Å². The van der Waals surface area contributed by atoms with Crippen molar-refractivity contribution in [1.82, 2.24) is 0 Å². The number of fused-ring (bicyclic) bond motifs is 4. The van der Waals surface area contributed by atoms with Gasteiger partial charge >= 0.3 is 0 Å². The molecule has 0 nitrogen and oxygen atoms in total. The molecule has 0 aliphatic carbocycles. The van der Waals surface area contributed by atoms with Crippen LogP contribution in [0.2, 0.25) is 0 Å². The van der Waals surface area contributed by atoms with Crippen LogP contribution in [0, 0.1) is 0 Å². The molecular formula is C46H30. The van der Waals surface area contributed by atoms with E-state index in [1.54, 1.807) is 0 Å². The molecule has 9 aromatic carbocycles. The predicted molar refractivity (Wildman–Crippen MR) is 198 cm³/mol. The molecule has 0 radical (unpaired) electrons. The van der Waals surface area contributed by atoms with Gasteiger partial charge in [-0.2, -0.15) is 0 Å². The molecule has 46 heavy (non-hydrogen) atoms. The zero-order valence-electron chi connectivity index (χ0n) is 31.8. The van der Waals surface area contributed by atoms with Gasteiger partial charge < -0.3 is 0 Å². The summed E-state index contributed by atoms with van der Waals surface area (Å²) in [4.78, 5) is 0. The first-order valence-corrected chi connectivity index (χ1v) is 15.4. The van der Waals surface area contributed by atoms with E-state index in [9.17, 15) is 6.85 Å². The van der Waals surface area contributed by atoms with Crippen molar-refractivity contribution in [3.05, 3.63) is 182 Å². The van der Waals surface area contributed by atoms with Crippen molar-refractivity contribution in [2.75, 3.05) is 0 Å². The van der Waals surface area contributed by atoms with Crippen molar-refractivity contribution in [3.63, 3.8) is 0 Å². The summed E-state index contributed by atoms with van der Waals surface area (Å²) >= 11 is 0. The Morgan fingerprint density at radius 1 is 0.326 bits per heavy atom. The van der Waals surface area contributed by atoms with E-state index in [1.165, 1.54) is 0 Å². The van der Waals surface area contributed by atoms with Crippen LogP contribution in [0.25, 0.3) is 87.6 Å². The van der Waals surface area contributed by atoms with Crippen LogP contribution < -0.4 is 0 Å². The van der Waals surface area contributed by atoms with Gasteiger partial charge in [-0.05, 0) is 99.7 Å². The molecule has 0 bridgehead atoms. The molecule has 0 heteroatoms. The summed E-state index contributed by atoms with van der Waals surface area (Å²) in [6, 6.07) is 43.4. The van der Waals surface area contributed by atoms with Crippen LogP contribution in [0.4, 0.5) is 0 Å². The van der Waals surface area contributed by atoms with Crippen LogP contribution in [-0.4, -0.2) is 0 Å². The monoisotopic (exact) mass is 589 g/mol. The standard InChI is InChI=1S/C46H30/c1-2-13-31(14-3-1)34-19-10-20-36(29-34)45-41-23-8-9-24-42(41)46(40-26-12-18-33-16-5-7-22-38(33)40)44-30-35(27-28-43(44)45)39-25-11-17-32-15-4-6-21-37(32)39/h1-30H/i8D,9D,23D,24D,27D,28D,30D. The molecule has 0 aliphatic heterocycles. The molecule has 214 valence electrons. The van der Waals surface area contributed by atoms with E-state index in [-0.39, 0.29) is 53.1 Å². The lowest BCUT2D eigenvalue weighted by Crippen LogP contribution is -1.93. The third kappa shape index (κ3) is 4.30. The fraction of sp³-hybridized carbons (Fsp3) is 0. The van der Waals surface area contributed by atoms with Gasteiger partial charge in [0.25, 0.3) is 0 Å². The summed E-state index contributed by atoms with van der Waals surface area (Å²) in [5.74, 6) is 0. The molecule has 0 N–H and O–H groups in total. The Labute approximate surface area is 278 Å². The second-order valence-corrected chi connectivity index (χ2v) is 11.5. The molecule has 0 unspecified atom stereocenters. The minimum absolute atomic E-state index is 0.0232. The van der Waals surface area contributed by atoms with E-state index in [0.29, 0.717) is 44.2 Å². The number of rotatable bonds is 4. The maximum atomic E-state index is 10.1. The molecule has 9 aromatic rings. The van der Waals surface area contributed by atoms with Gasteiger partial charge in [0.15, 0.2) is 0 Å². The van der Waals surface area contributed by atoms with Crippen molar-refractivity contribution >= 4 is 43.1 Å². The Hall–Kier alpha value is -5.98. The third-order valence-corrected chi connectivity index (χ3v) is 8.88. The summed E-state index contributed by atoms with van der Waals surface area (Å²) in [7, 11) is 0. The summed E-state index contributed by atoms with van der Waals surface area (Å²) in [6.07, 6.45) is 0. The largest absolute Gasteiger partial charge is 0.0636 e. The first kappa shape index (κ1) is 20.1. The second kappa shape index (κ2) is 10.9. The lowest BCUT2D eigenvalue weighted by atomic mass is 9.83. The Morgan fingerprint density at radius 2 is 0.870 bits per heavy atom. The highest BCUT2D eigenvalue weighted by Gasteiger charge is 2.19. The van der Waals surface area contributed by atoms with Gasteiger partial charge in [0.05, 0.1) is 9.60 Å². The van der Waals surface area contributed by atoms with Crippen LogP contribution in [-0.2, 0) is 0 Å². The van der Waals surface area contributed by atoms with Crippen LogP contribution in [0.5, 0.6) is 0 Å². The van der Waals surface area contributed by atoms with Crippen LogP contribution in [0.15, 0.2) is 182 Å². The highest BCUT2D eigenvalue weighted by molar-refractivity contribution is 6.24. The van der Waals surface area contributed by atoms with Crippen molar-refractivity contribution in [1.29, 1.82) is 0 Å². The molecule has 0 amide bonds. The van der Waals surface area contributed by atoms with Gasteiger partial charge in [-0.3, -0.25) is 0 Å². The minimum Gasteiger partial charge on any atom is -0.0622 e. The molecular weight excluding hydrogens is 553 g/mol. The Morgan fingerprint density at radius 3 is 1.63 bits per heavy atom. The van der Waals surface area contributed by atoms with Crippen molar-refractivity contribution in [3.8, 4) is 44.5 Å². The minimum atomic E-state index is -0.387.